The third kappa shape index (κ3) is 4.03. The summed E-state index contributed by atoms with van der Waals surface area (Å²) in [5.41, 5.74) is 0. The van der Waals surface area contributed by atoms with Crippen LogP contribution in [0.5, 0.6) is 0 Å². The molecule has 0 atom stereocenters. The fraction of sp³-hybridized carbons (Fsp3) is 0. The largest absolute Gasteiger partial charge is 2.00 e. The number of rotatable bonds is 0. The van der Waals surface area contributed by atoms with Crippen molar-refractivity contribution in [3.63, 3.8) is 0 Å². The molecule has 4 rings (SSSR count). The van der Waals surface area contributed by atoms with Crippen molar-refractivity contribution in [2.75, 3.05) is 0 Å². The van der Waals surface area contributed by atoms with E-state index in [0.29, 0.717) is 0 Å². The molecule has 0 nitrogen and oxygen atoms in total. The molecule has 0 fully saturated rings. The van der Waals surface area contributed by atoms with Gasteiger partial charge in [0.15, 0.2) is 0 Å². The van der Waals surface area contributed by atoms with Gasteiger partial charge < -0.3 is 0 Å². The third-order valence-electron chi connectivity index (χ3n) is 3.14. The molecule has 0 radical (unpaired) electrons. The number of benzene rings is 4. The summed E-state index contributed by atoms with van der Waals surface area (Å²) in [4.78, 5) is 0. The van der Waals surface area contributed by atoms with Gasteiger partial charge in [-0.05, 0) is 0 Å². The molecule has 0 N–H and O–H groups in total. The summed E-state index contributed by atoms with van der Waals surface area (Å²) in [5.74, 6) is 0. The zero-order chi connectivity index (χ0) is 13.6. The Morgan fingerprint density at radius 3 is 1.29 bits per heavy atom. The van der Waals surface area contributed by atoms with Gasteiger partial charge in [-0.15, -0.1) is 94.3 Å². The molecule has 0 aliphatic heterocycles. The van der Waals surface area contributed by atoms with Crippen molar-refractivity contribution in [1.82, 2.24) is 0 Å². The second-order valence-electron chi connectivity index (χ2n) is 4.51. The van der Waals surface area contributed by atoms with Crippen LogP contribution in [0.3, 0.4) is 0 Å². The van der Waals surface area contributed by atoms with Crippen LogP contribution in [0.1, 0.15) is 0 Å². The van der Waals surface area contributed by atoms with Gasteiger partial charge in [-0.2, -0.15) is 0 Å². The average Bonchev–Trinajstić information content (AvgIpc) is 2.56. The van der Waals surface area contributed by atoms with Crippen LogP contribution in [0, 0.1) is 12.1 Å². The maximum atomic E-state index is 3.15. The molecular weight excluding hydrogens is 336 g/mol. The molecule has 100 valence electrons. The normalized spacial score (nSPS) is 9.52. The molecule has 0 bridgehead atoms. The standard InChI is InChI=1S/2C10H7.Mo/c2*1-2-6-10-8-4-3-7-9(10)5-1;/h2*1-7H;/q2*-1;+2. The van der Waals surface area contributed by atoms with E-state index in [0.717, 1.165) is 0 Å². The summed E-state index contributed by atoms with van der Waals surface area (Å²) in [5, 5.41) is 4.88. The van der Waals surface area contributed by atoms with Crippen molar-refractivity contribution in [1.29, 1.82) is 0 Å². The molecule has 21 heavy (non-hydrogen) atoms. The third-order valence-corrected chi connectivity index (χ3v) is 3.14. The fourth-order valence-electron chi connectivity index (χ4n) is 2.13. The molecule has 1 heteroatoms. The SMILES string of the molecule is [Mo+2].[c-]1cccc2ccccc12.[c-]1cccc2ccccc12. The van der Waals surface area contributed by atoms with Crippen LogP contribution in [0.15, 0.2) is 84.9 Å². The minimum Gasteiger partial charge on any atom is -0.147 e. The first-order chi connectivity index (χ1) is 9.93. The van der Waals surface area contributed by atoms with Crippen LogP contribution in [0.4, 0.5) is 0 Å². The first kappa shape index (κ1) is 15.5. The molecule has 0 heterocycles. The van der Waals surface area contributed by atoms with E-state index in [-0.39, 0.29) is 21.1 Å². The predicted molar refractivity (Wildman–Crippen MR) is 85.6 cm³/mol. The second-order valence-corrected chi connectivity index (χ2v) is 4.51. The first-order valence-corrected chi connectivity index (χ1v) is 6.64. The molecule has 0 aliphatic carbocycles. The zero-order valence-electron chi connectivity index (χ0n) is 11.5. The van der Waals surface area contributed by atoms with E-state index in [1.54, 1.807) is 0 Å². The monoisotopic (exact) mass is 352 g/mol. The zero-order valence-corrected chi connectivity index (χ0v) is 13.5. The number of hydrogen-bond donors (Lipinski definition) is 0. The van der Waals surface area contributed by atoms with Gasteiger partial charge in [0.1, 0.15) is 0 Å². The van der Waals surface area contributed by atoms with Crippen molar-refractivity contribution in [2.24, 2.45) is 0 Å². The predicted octanol–water partition coefficient (Wildman–Crippen LogP) is 5.28. The van der Waals surface area contributed by atoms with Crippen molar-refractivity contribution in [3.05, 3.63) is 97.1 Å². The van der Waals surface area contributed by atoms with E-state index in [1.807, 2.05) is 48.5 Å². The van der Waals surface area contributed by atoms with Gasteiger partial charge in [0.2, 0.25) is 0 Å². The average molecular weight is 350 g/mol. The van der Waals surface area contributed by atoms with Crippen molar-refractivity contribution >= 4 is 21.5 Å². The van der Waals surface area contributed by atoms with Crippen molar-refractivity contribution < 1.29 is 21.1 Å². The van der Waals surface area contributed by atoms with E-state index >= 15 is 0 Å². The van der Waals surface area contributed by atoms with E-state index in [9.17, 15) is 0 Å². The quantitative estimate of drug-likeness (QED) is 0.299. The number of hydrogen-bond acceptors (Lipinski definition) is 0. The van der Waals surface area contributed by atoms with E-state index in [4.69, 9.17) is 0 Å². The molecular formula is C20H14Mo. The Bertz CT molecular complexity index is 619. The summed E-state index contributed by atoms with van der Waals surface area (Å²) in [6, 6.07) is 34.8. The Hall–Kier alpha value is -1.91. The van der Waals surface area contributed by atoms with Crippen LogP contribution in [0.25, 0.3) is 21.5 Å². The summed E-state index contributed by atoms with van der Waals surface area (Å²) in [6.45, 7) is 0. The minimum absolute atomic E-state index is 0. The summed E-state index contributed by atoms with van der Waals surface area (Å²) in [6.07, 6.45) is 0. The maximum Gasteiger partial charge on any atom is 2.00 e. The second kappa shape index (κ2) is 7.76. The van der Waals surface area contributed by atoms with E-state index in [2.05, 4.69) is 48.5 Å². The van der Waals surface area contributed by atoms with E-state index in [1.165, 1.54) is 21.5 Å². The van der Waals surface area contributed by atoms with Crippen molar-refractivity contribution in [3.8, 4) is 0 Å². The Morgan fingerprint density at radius 2 is 0.857 bits per heavy atom. The Labute approximate surface area is 139 Å². The smallest absolute Gasteiger partial charge is 0.147 e. The van der Waals surface area contributed by atoms with Crippen LogP contribution < -0.4 is 0 Å². The van der Waals surface area contributed by atoms with Gasteiger partial charge in [0.25, 0.3) is 0 Å². The Balaban J connectivity index is 0.000000147. The summed E-state index contributed by atoms with van der Waals surface area (Å²) >= 11 is 0. The number of fused-ring (bicyclic) bond motifs is 2. The van der Waals surface area contributed by atoms with Crippen molar-refractivity contribution in [2.45, 2.75) is 0 Å². The molecule has 0 saturated heterocycles. The Morgan fingerprint density at radius 1 is 0.476 bits per heavy atom. The first-order valence-electron chi connectivity index (χ1n) is 6.64. The topological polar surface area (TPSA) is 0 Å². The maximum absolute atomic E-state index is 3.15. The van der Waals surface area contributed by atoms with Gasteiger partial charge in [-0.1, -0.05) is 24.3 Å². The van der Waals surface area contributed by atoms with Gasteiger partial charge >= 0.3 is 21.1 Å². The van der Waals surface area contributed by atoms with Crippen LogP contribution >= 0.6 is 0 Å². The van der Waals surface area contributed by atoms with Gasteiger partial charge in [0.05, 0.1) is 0 Å². The molecule has 0 aromatic heterocycles. The van der Waals surface area contributed by atoms with Gasteiger partial charge in [-0.25, -0.2) is 0 Å². The minimum atomic E-state index is 0. The molecule has 0 spiro atoms. The molecule has 0 saturated carbocycles. The van der Waals surface area contributed by atoms with Crippen LogP contribution in [-0.4, -0.2) is 0 Å². The fourth-order valence-corrected chi connectivity index (χ4v) is 2.13. The molecule has 4 aromatic rings. The van der Waals surface area contributed by atoms with Gasteiger partial charge in [0, 0.05) is 0 Å². The molecule has 4 aromatic carbocycles. The van der Waals surface area contributed by atoms with E-state index < -0.39 is 0 Å². The van der Waals surface area contributed by atoms with Crippen LogP contribution in [0.2, 0.25) is 0 Å². The Kier molecular flexibility index (Phi) is 5.72. The molecule has 0 amide bonds. The molecule has 0 unspecified atom stereocenters. The van der Waals surface area contributed by atoms with Gasteiger partial charge in [-0.3, -0.25) is 0 Å². The summed E-state index contributed by atoms with van der Waals surface area (Å²) < 4.78 is 0. The molecule has 0 aliphatic rings. The summed E-state index contributed by atoms with van der Waals surface area (Å²) in [7, 11) is 0. The van der Waals surface area contributed by atoms with Crippen LogP contribution in [-0.2, 0) is 21.1 Å².